The number of hydrogen-bond acceptors (Lipinski definition) is 4. The quantitative estimate of drug-likeness (QED) is 0.920. The largest absolute Gasteiger partial charge is 0.382 e. The van der Waals surface area contributed by atoms with Crippen molar-refractivity contribution in [3.8, 4) is 6.07 Å². The molecule has 0 amide bonds. The fraction of sp³-hybridized carbons (Fsp3) is 0.438. The highest BCUT2D eigenvalue weighted by molar-refractivity contribution is 5.92. The van der Waals surface area contributed by atoms with Crippen LogP contribution in [-0.4, -0.2) is 16.7 Å². The molecule has 0 radical (unpaired) electrons. The lowest BCUT2D eigenvalue weighted by molar-refractivity contribution is 0.145. The van der Waals surface area contributed by atoms with Gasteiger partial charge in [0, 0.05) is 11.9 Å². The first kappa shape index (κ1) is 12.9. The van der Waals surface area contributed by atoms with Crippen LogP contribution in [0.1, 0.15) is 38.3 Å². The van der Waals surface area contributed by atoms with Crippen LogP contribution >= 0.6 is 0 Å². The number of hydrogen-bond donors (Lipinski definition) is 1. The molecule has 0 bridgehead atoms. The normalized spacial score (nSPS) is 16.4. The molecule has 1 aromatic heterocycles. The SMILES string of the molecule is CCC1(CNc2c(C#N)nnc3ccccc23)CCC1. The Morgan fingerprint density at radius 2 is 2.10 bits per heavy atom. The second-order valence-corrected chi connectivity index (χ2v) is 5.61. The fourth-order valence-electron chi connectivity index (χ4n) is 2.92. The van der Waals surface area contributed by atoms with Crippen molar-refractivity contribution in [2.24, 2.45) is 5.41 Å². The smallest absolute Gasteiger partial charge is 0.186 e. The van der Waals surface area contributed by atoms with Gasteiger partial charge >= 0.3 is 0 Å². The molecule has 20 heavy (non-hydrogen) atoms. The molecule has 0 atom stereocenters. The Labute approximate surface area is 118 Å². The molecule has 3 rings (SSSR count). The van der Waals surface area contributed by atoms with Gasteiger partial charge in [-0.05, 0) is 30.7 Å². The second kappa shape index (κ2) is 5.09. The van der Waals surface area contributed by atoms with E-state index in [4.69, 9.17) is 0 Å². The number of fused-ring (bicyclic) bond motifs is 1. The van der Waals surface area contributed by atoms with Gasteiger partial charge in [0.25, 0.3) is 0 Å². The Hall–Kier alpha value is -2.15. The molecule has 1 N–H and O–H groups in total. The molecule has 1 heterocycles. The number of nitrogens with one attached hydrogen (secondary N) is 1. The third-order valence-corrected chi connectivity index (χ3v) is 4.58. The van der Waals surface area contributed by atoms with Crippen LogP contribution in [0.2, 0.25) is 0 Å². The van der Waals surface area contributed by atoms with Crippen molar-refractivity contribution in [1.82, 2.24) is 10.2 Å². The number of nitrogens with zero attached hydrogens (tertiary/aromatic N) is 3. The third-order valence-electron chi connectivity index (χ3n) is 4.58. The molecule has 102 valence electrons. The highest BCUT2D eigenvalue weighted by Gasteiger charge is 2.35. The van der Waals surface area contributed by atoms with E-state index in [1.54, 1.807) is 0 Å². The molecule has 0 aliphatic heterocycles. The molecule has 1 aliphatic rings. The highest BCUT2D eigenvalue weighted by Crippen LogP contribution is 2.44. The number of aromatic nitrogens is 2. The van der Waals surface area contributed by atoms with Gasteiger partial charge in [-0.3, -0.25) is 0 Å². The molecule has 0 spiro atoms. The molecule has 4 heteroatoms. The van der Waals surface area contributed by atoms with Gasteiger partial charge in [0.2, 0.25) is 0 Å². The van der Waals surface area contributed by atoms with Gasteiger partial charge in [0.15, 0.2) is 5.69 Å². The van der Waals surface area contributed by atoms with Crippen LogP contribution in [0.3, 0.4) is 0 Å². The van der Waals surface area contributed by atoms with Gasteiger partial charge in [-0.2, -0.15) is 5.26 Å². The van der Waals surface area contributed by atoms with Crippen LogP contribution < -0.4 is 5.32 Å². The van der Waals surface area contributed by atoms with Crippen molar-refractivity contribution in [2.75, 3.05) is 11.9 Å². The summed E-state index contributed by atoms with van der Waals surface area (Å²) in [5.41, 5.74) is 2.44. The van der Waals surface area contributed by atoms with E-state index in [1.807, 2.05) is 24.3 Å². The second-order valence-electron chi connectivity index (χ2n) is 5.61. The molecule has 2 aromatic rings. The van der Waals surface area contributed by atoms with Crippen LogP contribution in [0, 0.1) is 16.7 Å². The highest BCUT2D eigenvalue weighted by atomic mass is 15.1. The van der Waals surface area contributed by atoms with Gasteiger partial charge in [-0.25, -0.2) is 0 Å². The van der Waals surface area contributed by atoms with Crippen molar-refractivity contribution in [2.45, 2.75) is 32.6 Å². The lowest BCUT2D eigenvalue weighted by Crippen LogP contribution is -2.36. The average Bonchev–Trinajstić information content (AvgIpc) is 2.46. The standard InChI is InChI=1S/C16H18N4/c1-2-16(8-5-9-16)11-18-15-12-6-3-4-7-13(12)19-20-14(15)10-17/h3-4,6-7H,2,5,8-9,11H2,1H3,(H,18,19). The lowest BCUT2D eigenvalue weighted by Gasteiger charge is -2.41. The topological polar surface area (TPSA) is 61.6 Å². The zero-order valence-corrected chi connectivity index (χ0v) is 11.7. The van der Waals surface area contributed by atoms with E-state index in [1.165, 1.54) is 25.7 Å². The molecule has 1 saturated carbocycles. The molecule has 4 nitrogen and oxygen atoms in total. The minimum atomic E-state index is 0.384. The van der Waals surface area contributed by atoms with Crippen molar-refractivity contribution in [3.05, 3.63) is 30.0 Å². The Bertz CT molecular complexity index is 662. The Balaban J connectivity index is 1.95. The number of rotatable bonds is 4. The molecule has 1 aromatic carbocycles. The summed E-state index contributed by atoms with van der Waals surface area (Å²) in [6, 6.07) is 9.96. The summed E-state index contributed by atoms with van der Waals surface area (Å²) in [6.07, 6.45) is 5.04. The van der Waals surface area contributed by atoms with Crippen LogP contribution in [0.5, 0.6) is 0 Å². The average molecular weight is 266 g/mol. The fourth-order valence-corrected chi connectivity index (χ4v) is 2.92. The maximum absolute atomic E-state index is 9.24. The van der Waals surface area contributed by atoms with E-state index in [-0.39, 0.29) is 0 Å². The summed E-state index contributed by atoms with van der Waals surface area (Å²) in [6.45, 7) is 3.16. The number of benzene rings is 1. The van der Waals surface area contributed by atoms with Gasteiger partial charge in [-0.15, -0.1) is 10.2 Å². The molecular weight excluding hydrogens is 248 g/mol. The van der Waals surface area contributed by atoms with Crippen LogP contribution in [0.25, 0.3) is 10.9 Å². The first-order valence-corrected chi connectivity index (χ1v) is 7.17. The summed E-state index contributed by atoms with van der Waals surface area (Å²) in [4.78, 5) is 0. The number of anilines is 1. The van der Waals surface area contributed by atoms with E-state index < -0.39 is 0 Å². The summed E-state index contributed by atoms with van der Waals surface area (Å²) >= 11 is 0. The lowest BCUT2D eigenvalue weighted by atomic mass is 9.67. The van der Waals surface area contributed by atoms with Gasteiger partial charge in [-0.1, -0.05) is 31.5 Å². The van der Waals surface area contributed by atoms with E-state index in [0.29, 0.717) is 11.1 Å². The predicted octanol–water partition coefficient (Wildman–Crippen LogP) is 3.49. The first-order valence-electron chi connectivity index (χ1n) is 7.17. The zero-order chi connectivity index (χ0) is 14.0. The maximum Gasteiger partial charge on any atom is 0.186 e. The first-order chi connectivity index (χ1) is 9.78. The van der Waals surface area contributed by atoms with E-state index in [2.05, 4.69) is 28.5 Å². The Morgan fingerprint density at radius 3 is 2.75 bits per heavy atom. The monoisotopic (exact) mass is 266 g/mol. The number of nitriles is 1. The van der Waals surface area contributed by atoms with Crippen LogP contribution in [0.15, 0.2) is 24.3 Å². The Morgan fingerprint density at radius 1 is 1.30 bits per heavy atom. The van der Waals surface area contributed by atoms with Gasteiger partial charge in [0.1, 0.15) is 6.07 Å². The summed E-state index contributed by atoms with van der Waals surface area (Å²) in [5.74, 6) is 0. The van der Waals surface area contributed by atoms with E-state index in [9.17, 15) is 5.26 Å². The minimum absolute atomic E-state index is 0.384. The molecular formula is C16H18N4. The van der Waals surface area contributed by atoms with Crippen LogP contribution in [-0.2, 0) is 0 Å². The molecule has 0 saturated heterocycles. The third kappa shape index (κ3) is 2.09. The van der Waals surface area contributed by atoms with Gasteiger partial charge < -0.3 is 5.32 Å². The molecule has 1 fully saturated rings. The van der Waals surface area contributed by atoms with Gasteiger partial charge in [0.05, 0.1) is 11.2 Å². The zero-order valence-electron chi connectivity index (χ0n) is 11.7. The van der Waals surface area contributed by atoms with Crippen molar-refractivity contribution in [1.29, 1.82) is 5.26 Å². The van der Waals surface area contributed by atoms with Crippen molar-refractivity contribution < 1.29 is 0 Å². The molecule has 0 unspecified atom stereocenters. The Kier molecular flexibility index (Phi) is 3.27. The van der Waals surface area contributed by atoms with Crippen LogP contribution in [0.4, 0.5) is 5.69 Å². The summed E-state index contributed by atoms with van der Waals surface area (Å²) in [5, 5.41) is 21.8. The maximum atomic E-state index is 9.24. The van der Waals surface area contributed by atoms with E-state index >= 15 is 0 Å². The molecule has 1 aliphatic carbocycles. The van der Waals surface area contributed by atoms with Crippen molar-refractivity contribution in [3.63, 3.8) is 0 Å². The predicted molar refractivity (Wildman–Crippen MR) is 79.3 cm³/mol. The minimum Gasteiger partial charge on any atom is -0.382 e. The summed E-state index contributed by atoms with van der Waals surface area (Å²) < 4.78 is 0. The summed E-state index contributed by atoms with van der Waals surface area (Å²) in [7, 11) is 0. The van der Waals surface area contributed by atoms with E-state index in [0.717, 1.165) is 23.1 Å². The van der Waals surface area contributed by atoms with Crippen molar-refractivity contribution >= 4 is 16.6 Å².